The first-order chi connectivity index (χ1) is 13.7. The van der Waals surface area contributed by atoms with Crippen LogP contribution in [-0.2, 0) is 10.1 Å². The van der Waals surface area contributed by atoms with E-state index < -0.39 is 10.1 Å². The standard InChI is InChI=1S/C17H20O5S.C2H6N4/c1-4-9-21-14-10-13(2)11-15(12-14)22-23(18,19)17-8-6-5-7-16(17)20-3;1-5-6-2(3)4/h5-8,10-12H,4,9H2,1-3H3;1H2,(H4,3,4,6). The first-order valence-corrected chi connectivity index (χ1v) is 10.0. The van der Waals surface area contributed by atoms with Gasteiger partial charge in [0.05, 0.1) is 13.7 Å². The van der Waals surface area contributed by atoms with E-state index in [1.165, 1.54) is 13.2 Å². The van der Waals surface area contributed by atoms with Crippen molar-refractivity contribution in [2.45, 2.75) is 25.2 Å². The Morgan fingerprint density at radius 2 is 1.79 bits per heavy atom. The van der Waals surface area contributed by atoms with Gasteiger partial charge in [0.2, 0.25) is 5.96 Å². The van der Waals surface area contributed by atoms with Crippen LogP contribution >= 0.6 is 0 Å². The molecule has 0 heterocycles. The van der Waals surface area contributed by atoms with Crippen LogP contribution < -0.4 is 25.1 Å². The van der Waals surface area contributed by atoms with Crippen LogP contribution in [-0.4, -0.2) is 34.8 Å². The summed E-state index contributed by atoms with van der Waals surface area (Å²) < 4.78 is 40.8. The van der Waals surface area contributed by atoms with Crippen molar-refractivity contribution >= 4 is 22.8 Å². The summed E-state index contributed by atoms with van der Waals surface area (Å²) in [4.78, 5) is -0.0139. The first kappa shape index (κ1) is 23.8. The van der Waals surface area contributed by atoms with E-state index in [0.29, 0.717) is 12.4 Å². The average molecular weight is 423 g/mol. The molecule has 0 radical (unpaired) electrons. The van der Waals surface area contributed by atoms with Crippen molar-refractivity contribution in [3.8, 4) is 17.2 Å². The fraction of sp³-hybridized carbons (Fsp3) is 0.263. The van der Waals surface area contributed by atoms with Gasteiger partial charge in [-0.3, -0.25) is 0 Å². The van der Waals surface area contributed by atoms with Crippen LogP contribution in [0, 0.1) is 6.92 Å². The molecule has 0 saturated carbocycles. The summed E-state index contributed by atoms with van der Waals surface area (Å²) >= 11 is 0. The van der Waals surface area contributed by atoms with Gasteiger partial charge < -0.3 is 25.1 Å². The molecule has 0 atom stereocenters. The van der Waals surface area contributed by atoms with Crippen molar-refractivity contribution < 1.29 is 22.1 Å². The molecular formula is C19H26N4O5S. The highest BCUT2D eigenvalue weighted by Gasteiger charge is 2.21. The van der Waals surface area contributed by atoms with Gasteiger partial charge in [-0.2, -0.15) is 13.5 Å². The van der Waals surface area contributed by atoms with Crippen LogP contribution in [0.15, 0.2) is 57.6 Å². The predicted octanol–water partition coefficient (Wildman–Crippen LogP) is 2.44. The first-order valence-electron chi connectivity index (χ1n) is 8.60. The zero-order valence-electron chi connectivity index (χ0n) is 16.7. The second-order valence-electron chi connectivity index (χ2n) is 5.68. The van der Waals surface area contributed by atoms with Crippen LogP contribution in [0.5, 0.6) is 17.2 Å². The van der Waals surface area contributed by atoms with Crippen LogP contribution in [0.2, 0.25) is 0 Å². The molecule has 0 fully saturated rings. The minimum absolute atomic E-state index is 0.0139. The van der Waals surface area contributed by atoms with Crippen molar-refractivity contribution in [2.24, 2.45) is 21.7 Å². The second-order valence-corrected chi connectivity index (χ2v) is 7.20. The summed E-state index contributed by atoms with van der Waals surface area (Å²) in [5.41, 5.74) is 10.4. The molecule has 10 heteroatoms. The minimum Gasteiger partial charge on any atom is -0.495 e. The molecule has 9 nitrogen and oxygen atoms in total. The van der Waals surface area contributed by atoms with Gasteiger partial charge in [-0.15, -0.1) is 5.10 Å². The molecule has 0 aliphatic carbocycles. The van der Waals surface area contributed by atoms with E-state index in [0.717, 1.165) is 12.0 Å². The number of nitrogens with zero attached hydrogens (tertiary/aromatic N) is 2. The molecule has 0 unspecified atom stereocenters. The van der Waals surface area contributed by atoms with Crippen LogP contribution in [0.4, 0.5) is 0 Å². The normalized spacial score (nSPS) is 10.2. The molecule has 0 aliphatic heterocycles. The number of rotatable bonds is 8. The topological polar surface area (TPSA) is 139 Å². The highest BCUT2D eigenvalue weighted by atomic mass is 32.2. The van der Waals surface area contributed by atoms with E-state index in [2.05, 4.69) is 16.9 Å². The van der Waals surface area contributed by atoms with Crippen molar-refractivity contribution in [1.82, 2.24) is 0 Å². The lowest BCUT2D eigenvalue weighted by Crippen LogP contribution is -2.21. The summed E-state index contributed by atoms with van der Waals surface area (Å²) in [5, 5.41) is 6.13. The number of para-hydroxylation sites is 1. The number of ether oxygens (including phenoxy) is 2. The van der Waals surface area contributed by atoms with Crippen LogP contribution in [0.25, 0.3) is 0 Å². The summed E-state index contributed by atoms with van der Waals surface area (Å²) in [5.74, 6) is 0.965. The fourth-order valence-electron chi connectivity index (χ4n) is 2.14. The Bertz CT molecular complexity index is 941. The molecule has 0 aliphatic rings. The smallest absolute Gasteiger partial charge is 0.342 e. The highest BCUT2D eigenvalue weighted by Crippen LogP contribution is 2.29. The largest absolute Gasteiger partial charge is 0.495 e. The molecule has 0 amide bonds. The van der Waals surface area contributed by atoms with E-state index in [1.54, 1.807) is 30.3 Å². The molecule has 0 spiro atoms. The van der Waals surface area contributed by atoms with Gasteiger partial charge >= 0.3 is 10.1 Å². The molecular weight excluding hydrogens is 396 g/mol. The van der Waals surface area contributed by atoms with E-state index in [1.807, 2.05) is 19.9 Å². The number of aryl methyl sites for hydroxylation is 1. The zero-order chi connectivity index (χ0) is 21.9. The quantitative estimate of drug-likeness (QED) is 0.288. The number of hydrogen-bond donors (Lipinski definition) is 2. The Balaban J connectivity index is 0.000000612. The summed E-state index contributed by atoms with van der Waals surface area (Å²) in [6.07, 6.45) is 0.865. The SMILES string of the molecule is C=NN=C(N)N.CCCOc1cc(C)cc(OS(=O)(=O)c2ccccc2OC)c1. The number of guanidine groups is 1. The van der Waals surface area contributed by atoms with Crippen molar-refractivity contribution in [3.05, 3.63) is 48.0 Å². The Kier molecular flexibility index (Phi) is 9.46. The second kappa shape index (κ2) is 11.5. The number of nitrogens with two attached hydrogens (primary N) is 2. The number of methoxy groups -OCH3 is 1. The fourth-order valence-corrected chi connectivity index (χ4v) is 3.23. The molecule has 2 rings (SSSR count). The van der Waals surface area contributed by atoms with Crippen LogP contribution in [0.1, 0.15) is 18.9 Å². The third kappa shape index (κ3) is 8.09. The van der Waals surface area contributed by atoms with Gasteiger partial charge in [-0.25, -0.2) is 0 Å². The molecule has 2 aromatic rings. The Labute approximate surface area is 171 Å². The van der Waals surface area contributed by atoms with Crippen molar-refractivity contribution in [3.63, 3.8) is 0 Å². The molecule has 2 aromatic carbocycles. The van der Waals surface area contributed by atoms with Gasteiger partial charge in [0, 0.05) is 12.8 Å². The maximum absolute atomic E-state index is 12.5. The third-order valence-electron chi connectivity index (χ3n) is 3.23. The molecule has 158 valence electrons. The lowest BCUT2D eigenvalue weighted by atomic mass is 10.2. The minimum atomic E-state index is -3.99. The molecule has 0 saturated heterocycles. The van der Waals surface area contributed by atoms with E-state index in [4.69, 9.17) is 25.1 Å². The summed E-state index contributed by atoms with van der Waals surface area (Å²) in [7, 11) is -2.58. The predicted molar refractivity (Wildman–Crippen MR) is 113 cm³/mol. The van der Waals surface area contributed by atoms with Crippen molar-refractivity contribution in [1.29, 1.82) is 0 Å². The maximum atomic E-state index is 12.5. The highest BCUT2D eigenvalue weighted by molar-refractivity contribution is 7.87. The van der Waals surface area contributed by atoms with Gasteiger partial charge in [-0.05, 0) is 43.2 Å². The summed E-state index contributed by atoms with van der Waals surface area (Å²) in [6.45, 7) is 7.41. The van der Waals surface area contributed by atoms with Crippen LogP contribution in [0.3, 0.4) is 0 Å². The Morgan fingerprint density at radius 1 is 1.14 bits per heavy atom. The van der Waals surface area contributed by atoms with Gasteiger partial charge in [-0.1, -0.05) is 19.1 Å². The van der Waals surface area contributed by atoms with Crippen molar-refractivity contribution in [2.75, 3.05) is 13.7 Å². The maximum Gasteiger partial charge on any atom is 0.342 e. The zero-order valence-corrected chi connectivity index (χ0v) is 17.5. The van der Waals surface area contributed by atoms with E-state index in [-0.39, 0.29) is 22.4 Å². The molecule has 4 N–H and O–H groups in total. The third-order valence-corrected chi connectivity index (χ3v) is 4.52. The van der Waals surface area contributed by atoms with Gasteiger partial charge in [0.25, 0.3) is 0 Å². The molecule has 0 aromatic heterocycles. The monoisotopic (exact) mass is 422 g/mol. The van der Waals surface area contributed by atoms with Gasteiger partial charge in [0.1, 0.15) is 22.1 Å². The lowest BCUT2D eigenvalue weighted by Gasteiger charge is -2.12. The molecule has 29 heavy (non-hydrogen) atoms. The van der Waals surface area contributed by atoms with E-state index in [9.17, 15) is 8.42 Å². The summed E-state index contributed by atoms with van der Waals surface area (Å²) in [6, 6.07) is 11.4. The average Bonchev–Trinajstić information content (AvgIpc) is 2.66. The van der Waals surface area contributed by atoms with E-state index >= 15 is 0 Å². The van der Waals surface area contributed by atoms with Gasteiger partial charge in [0.15, 0.2) is 0 Å². The number of hydrogen-bond acceptors (Lipinski definition) is 7. The lowest BCUT2D eigenvalue weighted by molar-refractivity contribution is 0.316. The Morgan fingerprint density at radius 3 is 2.34 bits per heavy atom. The number of benzene rings is 2. The molecule has 0 bridgehead atoms. The Hall–Kier alpha value is -3.27.